The van der Waals surface area contributed by atoms with Crippen LogP contribution in [-0.2, 0) is 0 Å². The number of rotatable bonds is 5. The van der Waals surface area contributed by atoms with Gasteiger partial charge in [-0.25, -0.2) is 0 Å². The average molecular weight is 225 g/mol. The van der Waals surface area contributed by atoms with Crippen LogP contribution < -0.4 is 4.74 Å². The Bertz CT molecular complexity index is 528. The molecule has 17 heavy (non-hydrogen) atoms. The zero-order chi connectivity index (χ0) is 11.9. The summed E-state index contributed by atoms with van der Waals surface area (Å²) in [5.41, 5.74) is 0. The molecule has 0 bridgehead atoms. The molecule has 0 saturated heterocycles. The Morgan fingerprint density at radius 1 is 1.00 bits per heavy atom. The van der Waals surface area contributed by atoms with Crippen molar-refractivity contribution in [3.63, 3.8) is 0 Å². The van der Waals surface area contributed by atoms with E-state index < -0.39 is 0 Å². The molecule has 0 heterocycles. The topological polar surface area (TPSA) is 33.0 Å². The molecule has 0 unspecified atom stereocenters. The molecule has 2 aromatic carbocycles. The lowest BCUT2D eigenvalue weighted by atomic mass is 10.1. The third-order valence-electron chi connectivity index (χ3n) is 2.67. The van der Waals surface area contributed by atoms with E-state index in [1.807, 2.05) is 18.2 Å². The van der Waals surface area contributed by atoms with E-state index in [0.717, 1.165) is 18.6 Å². The van der Waals surface area contributed by atoms with Gasteiger partial charge in [-0.1, -0.05) is 30.3 Å². The summed E-state index contributed by atoms with van der Waals surface area (Å²) in [6, 6.07) is 16.5. The van der Waals surface area contributed by atoms with E-state index in [0.29, 0.717) is 13.0 Å². The van der Waals surface area contributed by atoms with Crippen molar-refractivity contribution in [1.29, 1.82) is 5.26 Å². The van der Waals surface area contributed by atoms with Crippen LogP contribution in [-0.4, -0.2) is 6.61 Å². The molecule has 2 nitrogen and oxygen atoms in total. The van der Waals surface area contributed by atoms with E-state index in [9.17, 15) is 0 Å². The van der Waals surface area contributed by atoms with Gasteiger partial charge in [-0.2, -0.15) is 5.26 Å². The molecule has 86 valence electrons. The Morgan fingerprint density at radius 3 is 2.65 bits per heavy atom. The zero-order valence-electron chi connectivity index (χ0n) is 9.73. The summed E-state index contributed by atoms with van der Waals surface area (Å²) in [6.45, 7) is 0.681. The molecule has 0 aliphatic carbocycles. The van der Waals surface area contributed by atoms with Gasteiger partial charge in [0.15, 0.2) is 0 Å². The summed E-state index contributed by atoms with van der Waals surface area (Å²) < 4.78 is 5.65. The minimum atomic E-state index is 0.612. The zero-order valence-corrected chi connectivity index (χ0v) is 9.73. The smallest absolute Gasteiger partial charge is 0.119 e. The van der Waals surface area contributed by atoms with Gasteiger partial charge in [0.1, 0.15) is 5.75 Å². The number of hydrogen-bond donors (Lipinski definition) is 0. The second kappa shape index (κ2) is 5.91. The van der Waals surface area contributed by atoms with Crippen LogP contribution in [0.1, 0.15) is 19.3 Å². The standard InChI is InChI=1S/C15H15NO/c16-10-4-1-5-11-17-15-9-8-13-6-2-3-7-14(13)12-15/h2-3,6-9,12H,1,4-5,11H2. The highest BCUT2D eigenvalue weighted by atomic mass is 16.5. The van der Waals surface area contributed by atoms with Gasteiger partial charge in [-0.3, -0.25) is 0 Å². The first-order valence-electron chi connectivity index (χ1n) is 5.89. The van der Waals surface area contributed by atoms with Gasteiger partial charge in [-0.05, 0) is 35.7 Å². The number of hydrogen-bond acceptors (Lipinski definition) is 2. The number of fused-ring (bicyclic) bond motifs is 1. The van der Waals surface area contributed by atoms with E-state index >= 15 is 0 Å². The summed E-state index contributed by atoms with van der Waals surface area (Å²) in [4.78, 5) is 0. The summed E-state index contributed by atoms with van der Waals surface area (Å²) >= 11 is 0. The van der Waals surface area contributed by atoms with Crippen LogP contribution in [0.4, 0.5) is 0 Å². The van der Waals surface area contributed by atoms with Gasteiger partial charge in [-0.15, -0.1) is 0 Å². The third-order valence-corrected chi connectivity index (χ3v) is 2.67. The van der Waals surface area contributed by atoms with Crippen LogP contribution in [0.2, 0.25) is 0 Å². The summed E-state index contributed by atoms with van der Waals surface area (Å²) in [6.07, 6.45) is 2.45. The third kappa shape index (κ3) is 3.22. The Hall–Kier alpha value is -2.01. The Kier molecular flexibility index (Phi) is 3.99. The predicted octanol–water partition coefficient (Wildman–Crippen LogP) is 3.91. The highest BCUT2D eigenvalue weighted by Crippen LogP contribution is 2.20. The largest absolute Gasteiger partial charge is 0.494 e. The van der Waals surface area contributed by atoms with Crippen LogP contribution in [0.15, 0.2) is 42.5 Å². The quantitative estimate of drug-likeness (QED) is 0.723. The highest BCUT2D eigenvalue weighted by molar-refractivity contribution is 5.83. The maximum Gasteiger partial charge on any atom is 0.119 e. The van der Waals surface area contributed by atoms with Crippen molar-refractivity contribution in [1.82, 2.24) is 0 Å². The number of nitrogens with zero attached hydrogens (tertiary/aromatic N) is 1. The first-order chi connectivity index (χ1) is 8.40. The second-order valence-corrected chi connectivity index (χ2v) is 3.97. The molecular formula is C15H15NO. The molecule has 0 radical (unpaired) electrons. The lowest BCUT2D eigenvalue weighted by Gasteiger charge is -2.06. The highest BCUT2D eigenvalue weighted by Gasteiger charge is 1.96. The fourth-order valence-corrected chi connectivity index (χ4v) is 1.75. The van der Waals surface area contributed by atoms with Gasteiger partial charge >= 0.3 is 0 Å². The van der Waals surface area contributed by atoms with Gasteiger partial charge < -0.3 is 4.74 Å². The molecule has 0 aromatic heterocycles. The molecule has 2 rings (SSSR count). The van der Waals surface area contributed by atoms with Crippen molar-refractivity contribution in [2.75, 3.05) is 6.61 Å². The number of nitriles is 1. The fraction of sp³-hybridized carbons (Fsp3) is 0.267. The molecule has 0 fully saturated rings. The predicted molar refractivity (Wildman–Crippen MR) is 68.9 cm³/mol. The van der Waals surface area contributed by atoms with E-state index in [4.69, 9.17) is 10.00 Å². The maximum atomic E-state index is 8.41. The SMILES string of the molecule is N#CCCCCOc1ccc2ccccc2c1. The average Bonchev–Trinajstić information content (AvgIpc) is 2.38. The molecule has 0 saturated carbocycles. The van der Waals surface area contributed by atoms with Crippen LogP contribution in [0, 0.1) is 11.3 Å². The van der Waals surface area contributed by atoms with Crippen LogP contribution in [0.25, 0.3) is 10.8 Å². The molecule has 0 atom stereocenters. The van der Waals surface area contributed by atoms with Gasteiger partial charge in [0, 0.05) is 6.42 Å². The first-order valence-corrected chi connectivity index (χ1v) is 5.89. The molecule has 0 aliphatic heterocycles. The van der Waals surface area contributed by atoms with Crippen molar-refractivity contribution in [3.8, 4) is 11.8 Å². The van der Waals surface area contributed by atoms with Crippen molar-refractivity contribution in [2.24, 2.45) is 0 Å². The molecule has 0 amide bonds. The van der Waals surface area contributed by atoms with Gasteiger partial charge in [0.05, 0.1) is 12.7 Å². The molecule has 0 spiro atoms. The minimum Gasteiger partial charge on any atom is -0.494 e. The fourth-order valence-electron chi connectivity index (χ4n) is 1.75. The van der Waals surface area contributed by atoms with Crippen LogP contribution in [0.5, 0.6) is 5.75 Å². The summed E-state index contributed by atoms with van der Waals surface area (Å²) in [5, 5.41) is 10.8. The number of benzene rings is 2. The molecule has 2 aromatic rings. The Morgan fingerprint density at radius 2 is 1.82 bits per heavy atom. The maximum absolute atomic E-state index is 8.41. The number of unbranched alkanes of at least 4 members (excludes halogenated alkanes) is 2. The molecule has 2 heteroatoms. The van der Waals surface area contributed by atoms with E-state index in [1.54, 1.807) is 0 Å². The first kappa shape index (κ1) is 11.5. The molecule has 0 aliphatic rings. The van der Waals surface area contributed by atoms with Gasteiger partial charge in [0.2, 0.25) is 0 Å². The lowest BCUT2D eigenvalue weighted by molar-refractivity contribution is 0.308. The van der Waals surface area contributed by atoms with E-state index in [2.05, 4.69) is 30.3 Å². The van der Waals surface area contributed by atoms with Crippen LogP contribution in [0.3, 0.4) is 0 Å². The van der Waals surface area contributed by atoms with E-state index in [1.165, 1.54) is 10.8 Å². The van der Waals surface area contributed by atoms with Crippen molar-refractivity contribution in [3.05, 3.63) is 42.5 Å². The minimum absolute atomic E-state index is 0.612. The Labute approximate surface area is 101 Å². The molecular weight excluding hydrogens is 210 g/mol. The summed E-state index contributed by atoms with van der Waals surface area (Å²) in [5.74, 6) is 0.903. The number of ether oxygens (including phenoxy) is 1. The normalized spacial score (nSPS) is 10.1. The van der Waals surface area contributed by atoms with Crippen LogP contribution >= 0.6 is 0 Å². The summed E-state index contributed by atoms with van der Waals surface area (Å²) in [7, 11) is 0. The Balaban J connectivity index is 1.93. The monoisotopic (exact) mass is 225 g/mol. The second-order valence-electron chi connectivity index (χ2n) is 3.97. The van der Waals surface area contributed by atoms with Crippen molar-refractivity contribution < 1.29 is 4.74 Å². The molecule has 0 N–H and O–H groups in total. The van der Waals surface area contributed by atoms with Crippen molar-refractivity contribution in [2.45, 2.75) is 19.3 Å². The van der Waals surface area contributed by atoms with E-state index in [-0.39, 0.29) is 0 Å². The lowest BCUT2D eigenvalue weighted by Crippen LogP contribution is -1.96. The van der Waals surface area contributed by atoms with Gasteiger partial charge in [0.25, 0.3) is 0 Å². The van der Waals surface area contributed by atoms with Crippen molar-refractivity contribution >= 4 is 10.8 Å².